The third-order valence-corrected chi connectivity index (χ3v) is 3.36. The number of benzene rings is 1. The lowest BCUT2D eigenvalue weighted by Gasteiger charge is -2.14. The van der Waals surface area contributed by atoms with E-state index in [0.29, 0.717) is 5.56 Å². The highest BCUT2D eigenvalue weighted by molar-refractivity contribution is 5.83. The van der Waals surface area contributed by atoms with E-state index >= 15 is 0 Å². The Bertz CT molecular complexity index is 885. The van der Waals surface area contributed by atoms with Gasteiger partial charge in [-0.1, -0.05) is 12.1 Å². The van der Waals surface area contributed by atoms with Crippen molar-refractivity contribution in [1.82, 2.24) is 19.5 Å². The average molecular weight is 339 g/mol. The number of aromatic nitrogens is 4. The van der Waals surface area contributed by atoms with Crippen molar-refractivity contribution in [3.8, 4) is 0 Å². The van der Waals surface area contributed by atoms with Gasteiger partial charge in [0.05, 0.1) is 12.9 Å². The van der Waals surface area contributed by atoms with Gasteiger partial charge in [0.2, 0.25) is 5.82 Å². The van der Waals surface area contributed by atoms with Gasteiger partial charge < -0.3 is 9.47 Å². The Morgan fingerprint density at radius 3 is 2.54 bits per heavy atom. The zero-order valence-electron chi connectivity index (χ0n) is 12.8. The fraction of sp³-hybridized carbons (Fsp3) is 0.267. The summed E-state index contributed by atoms with van der Waals surface area (Å²) < 4.78 is 53.9. The van der Waals surface area contributed by atoms with Crippen LogP contribution in [0.1, 0.15) is 11.4 Å². The van der Waals surface area contributed by atoms with Crippen molar-refractivity contribution in [2.24, 2.45) is 0 Å². The van der Waals surface area contributed by atoms with Gasteiger partial charge in [-0.2, -0.15) is 13.2 Å². The summed E-state index contributed by atoms with van der Waals surface area (Å²) in [5.74, 6) is -1.58. The highest BCUT2D eigenvalue weighted by Crippen LogP contribution is 2.30. The third-order valence-electron chi connectivity index (χ3n) is 3.36. The summed E-state index contributed by atoms with van der Waals surface area (Å²) in [7, 11) is 3.15. The first-order valence-corrected chi connectivity index (χ1v) is 6.97. The molecule has 0 atom stereocenters. The third kappa shape index (κ3) is 3.01. The van der Waals surface area contributed by atoms with E-state index in [-0.39, 0.29) is 23.5 Å². The molecule has 9 heteroatoms. The van der Waals surface area contributed by atoms with Crippen LogP contribution in [-0.2, 0) is 12.7 Å². The molecule has 0 aliphatic heterocycles. The fourth-order valence-corrected chi connectivity index (χ4v) is 2.32. The summed E-state index contributed by atoms with van der Waals surface area (Å²) in [6.07, 6.45) is -3.30. The van der Waals surface area contributed by atoms with E-state index < -0.39 is 17.8 Å². The quantitative estimate of drug-likeness (QED) is 0.688. The van der Waals surface area contributed by atoms with E-state index in [0.717, 1.165) is 0 Å². The Morgan fingerprint density at radius 2 is 1.92 bits per heavy atom. The molecule has 0 amide bonds. The molecule has 2 heterocycles. The second-order valence-corrected chi connectivity index (χ2v) is 5.44. The van der Waals surface area contributed by atoms with Gasteiger partial charge in [0.1, 0.15) is 5.82 Å². The highest BCUT2D eigenvalue weighted by atomic mass is 19.4. The number of hydrogen-bond donors (Lipinski definition) is 0. The van der Waals surface area contributed by atoms with E-state index in [1.807, 2.05) is 0 Å². The maximum absolute atomic E-state index is 13.3. The molecule has 5 nitrogen and oxygen atoms in total. The topological polar surface area (TPSA) is 46.8 Å². The summed E-state index contributed by atoms with van der Waals surface area (Å²) in [5, 5.41) is 0. The zero-order chi connectivity index (χ0) is 17.5. The minimum absolute atomic E-state index is 0.0466. The molecule has 2 aromatic heterocycles. The van der Waals surface area contributed by atoms with Crippen LogP contribution in [0.3, 0.4) is 0 Å². The summed E-state index contributed by atoms with van der Waals surface area (Å²) in [5.41, 5.74) is 0.891. The summed E-state index contributed by atoms with van der Waals surface area (Å²) in [6, 6.07) is 5.81. The predicted octanol–water partition coefficient (Wildman–Crippen LogP) is 3.10. The molecule has 0 unspecified atom stereocenters. The number of fused-ring (bicyclic) bond motifs is 1. The van der Waals surface area contributed by atoms with Gasteiger partial charge in [0.25, 0.3) is 0 Å². The number of rotatable bonds is 3. The number of anilines is 1. The summed E-state index contributed by atoms with van der Waals surface area (Å²) in [4.78, 5) is 12.7. The van der Waals surface area contributed by atoms with Crippen molar-refractivity contribution in [2.45, 2.75) is 12.7 Å². The number of imidazole rings is 1. The zero-order valence-corrected chi connectivity index (χ0v) is 12.8. The van der Waals surface area contributed by atoms with Gasteiger partial charge in [-0.3, -0.25) is 0 Å². The van der Waals surface area contributed by atoms with Crippen molar-refractivity contribution in [1.29, 1.82) is 0 Å². The molecule has 0 saturated heterocycles. The van der Waals surface area contributed by atoms with E-state index in [2.05, 4.69) is 15.0 Å². The Balaban J connectivity index is 2.14. The maximum atomic E-state index is 13.3. The molecule has 3 rings (SSSR count). The molecule has 0 bridgehead atoms. The molecular weight excluding hydrogens is 326 g/mol. The Morgan fingerprint density at radius 1 is 1.17 bits per heavy atom. The van der Waals surface area contributed by atoms with Gasteiger partial charge in [-0.05, 0) is 17.7 Å². The molecule has 0 fully saturated rings. The van der Waals surface area contributed by atoms with Crippen LogP contribution in [0, 0.1) is 5.82 Å². The monoisotopic (exact) mass is 339 g/mol. The lowest BCUT2D eigenvalue weighted by molar-refractivity contribution is -0.144. The molecule has 0 spiro atoms. The van der Waals surface area contributed by atoms with Gasteiger partial charge in [-0.25, -0.2) is 19.3 Å². The molecular formula is C15H13F4N5. The van der Waals surface area contributed by atoms with Crippen LogP contribution in [0.5, 0.6) is 0 Å². The standard InChI is InChI=1S/C15H13F4N5/c1-23(2)12-11-13(22-14(21-12)15(17,18)19)24(8-20-11)7-9-4-3-5-10(16)6-9/h3-6,8H,7H2,1-2H3. The van der Waals surface area contributed by atoms with Crippen LogP contribution < -0.4 is 4.90 Å². The average Bonchev–Trinajstić information content (AvgIpc) is 2.88. The van der Waals surface area contributed by atoms with Gasteiger partial charge in [-0.15, -0.1) is 0 Å². The number of hydrogen-bond acceptors (Lipinski definition) is 4. The van der Waals surface area contributed by atoms with Crippen molar-refractivity contribution in [2.75, 3.05) is 19.0 Å². The van der Waals surface area contributed by atoms with Gasteiger partial charge in [0, 0.05) is 14.1 Å². The van der Waals surface area contributed by atoms with Crippen LogP contribution in [0.15, 0.2) is 30.6 Å². The van der Waals surface area contributed by atoms with Gasteiger partial charge >= 0.3 is 6.18 Å². The van der Waals surface area contributed by atoms with Crippen LogP contribution >= 0.6 is 0 Å². The van der Waals surface area contributed by atoms with Crippen molar-refractivity contribution >= 4 is 17.0 Å². The van der Waals surface area contributed by atoms with E-state index in [4.69, 9.17) is 0 Å². The molecule has 0 aliphatic carbocycles. The van der Waals surface area contributed by atoms with Crippen LogP contribution in [0.4, 0.5) is 23.4 Å². The SMILES string of the molecule is CN(C)c1nc(C(F)(F)F)nc2c1ncn2Cc1cccc(F)c1. The summed E-state index contributed by atoms with van der Waals surface area (Å²) >= 11 is 0. The molecule has 0 aliphatic rings. The maximum Gasteiger partial charge on any atom is 0.451 e. The van der Waals surface area contributed by atoms with E-state index in [9.17, 15) is 17.6 Å². The molecule has 24 heavy (non-hydrogen) atoms. The molecule has 1 aromatic carbocycles. The lowest BCUT2D eigenvalue weighted by atomic mass is 10.2. The first kappa shape index (κ1) is 16.2. The molecule has 0 radical (unpaired) electrons. The Kier molecular flexibility index (Phi) is 3.86. The minimum Gasteiger partial charge on any atom is -0.361 e. The molecule has 0 N–H and O–H groups in total. The second-order valence-electron chi connectivity index (χ2n) is 5.44. The predicted molar refractivity (Wildman–Crippen MR) is 80.2 cm³/mol. The number of halogens is 4. The van der Waals surface area contributed by atoms with Crippen LogP contribution in [-0.4, -0.2) is 33.6 Å². The second kappa shape index (κ2) is 5.73. The van der Waals surface area contributed by atoms with Crippen LogP contribution in [0.2, 0.25) is 0 Å². The lowest BCUT2D eigenvalue weighted by Crippen LogP contribution is -2.18. The Labute approximate surface area is 134 Å². The fourth-order valence-electron chi connectivity index (χ4n) is 2.32. The minimum atomic E-state index is -4.67. The van der Waals surface area contributed by atoms with Crippen LogP contribution in [0.25, 0.3) is 11.2 Å². The Hall–Kier alpha value is -2.71. The summed E-state index contributed by atoms with van der Waals surface area (Å²) in [6.45, 7) is 0.148. The van der Waals surface area contributed by atoms with Crippen molar-refractivity contribution < 1.29 is 17.6 Å². The normalized spacial score (nSPS) is 11.9. The van der Waals surface area contributed by atoms with Crippen molar-refractivity contribution in [3.63, 3.8) is 0 Å². The smallest absolute Gasteiger partial charge is 0.361 e. The van der Waals surface area contributed by atoms with E-state index in [1.54, 1.807) is 20.2 Å². The largest absolute Gasteiger partial charge is 0.451 e. The molecule has 126 valence electrons. The first-order valence-electron chi connectivity index (χ1n) is 6.97. The molecule has 3 aromatic rings. The number of alkyl halides is 3. The van der Waals surface area contributed by atoms with Gasteiger partial charge in [0.15, 0.2) is 17.0 Å². The van der Waals surface area contributed by atoms with Crippen molar-refractivity contribution in [3.05, 3.63) is 47.8 Å². The molecule has 0 saturated carbocycles. The highest BCUT2D eigenvalue weighted by Gasteiger charge is 2.36. The first-order chi connectivity index (χ1) is 11.3. The van der Waals surface area contributed by atoms with E-state index in [1.165, 1.54) is 34.0 Å². The number of nitrogens with zero attached hydrogens (tertiary/aromatic N) is 5.